The highest BCUT2D eigenvalue weighted by molar-refractivity contribution is 7.89. The Morgan fingerprint density at radius 2 is 1.89 bits per heavy atom. The second kappa shape index (κ2) is 7.89. The summed E-state index contributed by atoms with van der Waals surface area (Å²) in [4.78, 5) is 24.0. The average Bonchev–Trinajstić information content (AvgIpc) is 3.21. The third-order valence-corrected chi connectivity index (χ3v) is 6.13. The van der Waals surface area contributed by atoms with Crippen molar-refractivity contribution in [1.29, 1.82) is 0 Å². The first-order valence-electron chi connectivity index (χ1n) is 8.27. The highest BCUT2D eigenvalue weighted by Crippen LogP contribution is 2.24. The van der Waals surface area contributed by atoms with Crippen molar-refractivity contribution in [2.75, 3.05) is 13.1 Å². The fourth-order valence-corrected chi connectivity index (χ4v) is 4.34. The average molecular weight is 395 g/mol. The first-order valence-corrected chi connectivity index (χ1v) is 9.71. The van der Waals surface area contributed by atoms with Crippen LogP contribution in [-0.4, -0.2) is 37.6 Å². The Labute approximate surface area is 155 Å². The van der Waals surface area contributed by atoms with Crippen LogP contribution in [0.5, 0.6) is 0 Å². The maximum Gasteiger partial charge on any atom is 0.305 e. The first kappa shape index (κ1) is 19.1. The third-order valence-electron chi connectivity index (χ3n) is 4.25. The van der Waals surface area contributed by atoms with Gasteiger partial charge < -0.3 is 4.42 Å². The minimum Gasteiger partial charge on any atom is -0.459 e. The van der Waals surface area contributed by atoms with E-state index in [4.69, 9.17) is 4.42 Å². The number of furan rings is 1. The van der Waals surface area contributed by atoms with Gasteiger partial charge in [0.2, 0.25) is 15.9 Å². The highest BCUT2D eigenvalue weighted by atomic mass is 32.2. The smallest absolute Gasteiger partial charge is 0.305 e. The first-order chi connectivity index (χ1) is 12.9. The summed E-state index contributed by atoms with van der Waals surface area (Å²) in [5.41, 5.74) is 4.52. The molecular weight excluding hydrogens is 377 g/mol. The van der Waals surface area contributed by atoms with Crippen LogP contribution in [0.25, 0.3) is 0 Å². The molecule has 2 heterocycles. The van der Waals surface area contributed by atoms with Crippen LogP contribution in [0.3, 0.4) is 0 Å². The predicted octanol–water partition coefficient (Wildman–Crippen LogP) is 1.28. The summed E-state index contributed by atoms with van der Waals surface area (Å²) in [5.74, 6) is -2.21. The molecule has 0 bridgehead atoms. The Hall–Kier alpha value is -2.72. The number of hydrogen-bond donors (Lipinski definition) is 2. The van der Waals surface area contributed by atoms with Gasteiger partial charge >= 0.3 is 5.91 Å². The van der Waals surface area contributed by atoms with E-state index in [9.17, 15) is 22.4 Å². The maximum atomic E-state index is 13.0. The van der Waals surface area contributed by atoms with E-state index in [2.05, 4.69) is 10.9 Å². The monoisotopic (exact) mass is 395 g/mol. The summed E-state index contributed by atoms with van der Waals surface area (Å²) < 4.78 is 44.5. The van der Waals surface area contributed by atoms with Crippen molar-refractivity contribution in [3.8, 4) is 0 Å². The molecule has 1 aliphatic rings. The number of carbonyl (C=O) groups excluding carboxylic acids is 2. The fraction of sp³-hybridized carbons (Fsp3) is 0.294. The van der Waals surface area contributed by atoms with Gasteiger partial charge in [-0.15, -0.1) is 0 Å². The molecule has 27 heavy (non-hydrogen) atoms. The maximum absolute atomic E-state index is 13.0. The Bertz CT molecular complexity index is 913. The van der Waals surface area contributed by atoms with Crippen molar-refractivity contribution in [2.24, 2.45) is 5.92 Å². The van der Waals surface area contributed by atoms with E-state index in [1.165, 1.54) is 34.8 Å². The molecule has 0 unspecified atom stereocenters. The number of amides is 2. The standard InChI is InChI=1S/C17H18FN3O5S/c18-13-5-7-14(8-6-13)27(24,25)21-9-1-3-12(11-21)16(22)19-20-17(23)15-4-2-10-26-15/h2,4-8,10,12H,1,3,9,11H2,(H,19,22)(H,20,23)/t12-/m0/s1. The number of nitrogens with one attached hydrogen (secondary N) is 2. The summed E-state index contributed by atoms with van der Waals surface area (Å²) >= 11 is 0. The third kappa shape index (κ3) is 4.34. The van der Waals surface area contributed by atoms with Gasteiger partial charge in [-0.3, -0.25) is 20.4 Å². The van der Waals surface area contributed by atoms with Crippen LogP contribution in [-0.2, 0) is 14.8 Å². The lowest BCUT2D eigenvalue weighted by Gasteiger charge is -2.31. The van der Waals surface area contributed by atoms with Crippen LogP contribution in [0.1, 0.15) is 23.4 Å². The number of carbonyl (C=O) groups is 2. The van der Waals surface area contributed by atoms with Gasteiger partial charge in [0.1, 0.15) is 5.82 Å². The number of benzene rings is 1. The molecule has 144 valence electrons. The van der Waals surface area contributed by atoms with Crippen LogP contribution in [0.15, 0.2) is 52.0 Å². The Morgan fingerprint density at radius 1 is 1.15 bits per heavy atom. The molecule has 1 fully saturated rings. The zero-order chi connectivity index (χ0) is 19.4. The lowest BCUT2D eigenvalue weighted by Crippen LogP contribution is -2.49. The Kier molecular flexibility index (Phi) is 5.57. The number of rotatable bonds is 4. The molecule has 1 saturated heterocycles. The van der Waals surface area contributed by atoms with Gasteiger partial charge in [-0.25, -0.2) is 12.8 Å². The zero-order valence-electron chi connectivity index (χ0n) is 14.2. The van der Waals surface area contributed by atoms with Gasteiger partial charge in [0.05, 0.1) is 17.1 Å². The van der Waals surface area contributed by atoms with Crippen LogP contribution >= 0.6 is 0 Å². The zero-order valence-corrected chi connectivity index (χ0v) is 15.0. The fourth-order valence-electron chi connectivity index (χ4n) is 2.82. The largest absolute Gasteiger partial charge is 0.459 e. The second-order valence-corrected chi connectivity index (χ2v) is 8.01. The van der Waals surface area contributed by atoms with Crippen molar-refractivity contribution < 1.29 is 26.8 Å². The topological polar surface area (TPSA) is 109 Å². The lowest BCUT2D eigenvalue weighted by atomic mass is 9.99. The molecule has 0 aliphatic carbocycles. The second-order valence-electron chi connectivity index (χ2n) is 6.08. The molecule has 1 atom stereocenters. The molecule has 2 N–H and O–H groups in total. The minimum absolute atomic E-state index is 0.0256. The minimum atomic E-state index is -3.83. The van der Waals surface area contributed by atoms with E-state index in [-0.39, 0.29) is 23.7 Å². The number of hydrogen-bond acceptors (Lipinski definition) is 5. The van der Waals surface area contributed by atoms with Crippen LogP contribution in [0.4, 0.5) is 4.39 Å². The number of nitrogens with zero attached hydrogens (tertiary/aromatic N) is 1. The summed E-state index contributed by atoms with van der Waals surface area (Å²) in [5, 5.41) is 0. The molecule has 0 radical (unpaired) electrons. The van der Waals surface area contributed by atoms with Crippen molar-refractivity contribution in [3.05, 3.63) is 54.2 Å². The number of hydrazine groups is 1. The van der Waals surface area contributed by atoms with Crippen molar-refractivity contribution in [2.45, 2.75) is 17.7 Å². The molecule has 2 amide bonds. The van der Waals surface area contributed by atoms with Crippen LogP contribution < -0.4 is 10.9 Å². The van der Waals surface area contributed by atoms with E-state index in [0.29, 0.717) is 12.8 Å². The van der Waals surface area contributed by atoms with E-state index in [1.54, 1.807) is 0 Å². The molecule has 1 aromatic carbocycles. The van der Waals surface area contributed by atoms with Gasteiger partial charge in [-0.1, -0.05) is 0 Å². The Balaban J connectivity index is 1.62. The van der Waals surface area contributed by atoms with Gasteiger partial charge in [-0.05, 0) is 49.2 Å². The van der Waals surface area contributed by atoms with Gasteiger partial charge in [0.25, 0.3) is 0 Å². The van der Waals surface area contributed by atoms with Gasteiger partial charge in [-0.2, -0.15) is 4.31 Å². The molecule has 10 heteroatoms. The van der Waals surface area contributed by atoms with E-state index in [1.807, 2.05) is 0 Å². The molecular formula is C17H18FN3O5S. The SMILES string of the molecule is O=C(NNC(=O)[C@H]1CCCN(S(=O)(=O)c2ccc(F)cc2)C1)c1ccco1. The number of halogens is 1. The summed E-state index contributed by atoms with van der Waals surface area (Å²) in [7, 11) is -3.83. The quantitative estimate of drug-likeness (QED) is 0.758. The van der Waals surface area contributed by atoms with Crippen LogP contribution in [0, 0.1) is 11.7 Å². The number of piperidine rings is 1. The lowest BCUT2D eigenvalue weighted by molar-refractivity contribution is -0.126. The Morgan fingerprint density at radius 3 is 2.56 bits per heavy atom. The van der Waals surface area contributed by atoms with E-state index in [0.717, 1.165) is 12.1 Å². The molecule has 3 rings (SSSR count). The predicted molar refractivity (Wildman–Crippen MR) is 92.2 cm³/mol. The number of sulfonamides is 1. The summed E-state index contributed by atoms with van der Waals surface area (Å²) in [6.45, 7) is 0.240. The molecule has 1 aliphatic heterocycles. The molecule has 0 saturated carbocycles. The summed E-state index contributed by atoms with van der Waals surface area (Å²) in [6.07, 6.45) is 2.30. The van der Waals surface area contributed by atoms with Crippen LogP contribution in [0.2, 0.25) is 0 Å². The molecule has 8 nitrogen and oxygen atoms in total. The van der Waals surface area contributed by atoms with E-state index < -0.39 is 33.6 Å². The highest BCUT2D eigenvalue weighted by Gasteiger charge is 2.33. The summed E-state index contributed by atoms with van der Waals surface area (Å²) in [6, 6.07) is 7.52. The normalized spacial score (nSPS) is 18.0. The van der Waals surface area contributed by atoms with Gasteiger partial charge in [0, 0.05) is 13.1 Å². The molecule has 1 aromatic heterocycles. The van der Waals surface area contributed by atoms with Crippen molar-refractivity contribution >= 4 is 21.8 Å². The van der Waals surface area contributed by atoms with E-state index >= 15 is 0 Å². The van der Waals surface area contributed by atoms with Crippen molar-refractivity contribution in [1.82, 2.24) is 15.2 Å². The van der Waals surface area contributed by atoms with Crippen molar-refractivity contribution in [3.63, 3.8) is 0 Å². The van der Waals surface area contributed by atoms with Gasteiger partial charge in [0.15, 0.2) is 5.76 Å². The molecule has 0 spiro atoms. The molecule has 2 aromatic rings.